The molecule has 0 saturated carbocycles. The van der Waals surface area contributed by atoms with E-state index in [4.69, 9.17) is 28.4 Å². The van der Waals surface area contributed by atoms with Crippen LogP contribution in [0.3, 0.4) is 0 Å². The maximum atomic E-state index is 12.3. The zero-order chi connectivity index (χ0) is 20.7. The second-order valence-corrected chi connectivity index (χ2v) is 7.18. The standard InChI is InChI=1S/C22H24O7/c1-11-12(2)22(23)29-19(11)14-9-17(24-3)20(25-4)21(26-5)18(14)13-6-7-15-16(8-13)28-10-27-15/h6-9,11-12,19H,10H2,1-5H3/t11-,12-,19-/m0/s1. The van der Waals surface area contributed by atoms with E-state index in [1.807, 2.05) is 38.1 Å². The molecule has 0 spiro atoms. The number of esters is 1. The molecule has 4 rings (SSSR count). The first-order chi connectivity index (χ1) is 14.0. The zero-order valence-corrected chi connectivity index (χ0v) is 17.1. The summed E-state index contributed by atoms with van der Waals surface area (Å²) >= 11 is 0. The molecule has 2 heterocycles. The van der Waals surface area contributed by atoms with Crippen molar-refractivity contribution in [1.29, 1.82) is 0 Å². The average Bonchev–Trinajstić information content (AvgIpc) is 3.31. The van der Waals surface area contributed by atoms with Crippen LogP contribution >= 0.6 is 0 Å². The topological polar surface area (TPSA) is 72.5 Å². The fraction of sp³-hybridized carbons (Fsp3) is 0.409. The molecule has 2 aromatic rings. The highest BCUT2D eigenvalue weighted by Gasteiger charge is 2.42. The van der Waals surface area contributed by atoms with Crippen LogP contribution in [0.25, 0.3) is 11.1 Å². The summed E-state index contributed by atoms with van der Waals surface area (Å²) in [6.45, 7) is 4.07. The van der Waals surface area contributed by atoms with Gasteiger partial charge in [-0.05, 0) is 23.8 Å². The lowest BCUT2D eigenvalue weighted by Gasteiger charge is -2.24. The molecule has 2 aliphatic heterocycles. The summed E-state index contributed by atoms with van der Waals surface area (Å²) in [4.78, 5) is 12.3. The van der Waals surface area contributed by atoms with Crippen molar-refractivity contribution in [2.75, 3.05) is 28.1 Å². The van der Waals surface area contributed by atoms with Gasteiger partial charge in [0.25, 0.3) is 0 Å². The van der Waals surface area contributed by atoms with Gasteiger partial charge < -0.3 is 28.4 Å². The quantitative estimate of drug-likeness (QED) is 0.703. The summed E-state index contributed by atoms with van der Waals surface area (Å²) in [7, 11) is 4.70. The van der Waals surface area contributed by atoms with E-state index in [0.29, 0.717) is 28.7 Å². The Hall–Kier alpha value is -3.09. The predicted octanol–water partition coefficient (Wildman–Crippen LogP) is 3.98. The van der Waals surface area contributed by atoms with Crippen molar-refractivity contribution < 1.29 is 33.2 Å². The van der Waals surface area contributed by atoms with Crippen molar-refractivity contribution in [2.24, 2.45) is 11.8 Å². The maximum Gasteiger partial charge on any atom is 0.309 e. The highest BCUT2D eigenvalue weighted by molar-refractivity contribution is 5.83. The van der Waals surface area contributed by atoms with E-state index < -0.39 is 6.10 Å². The summed E-state index contributed by atoms with van der Waals surface area (Å²) in [5.74, 6) is 2.38. The van der Waals surface area contributed by atoms with Gasteiger partial charge in [-0.25, -0.2) is 0 Å². The van der Waals surface area contributed by atoms with Crippen molar-refractivity contribution in [3.8, 4) is 39.9 Å². The molecule has 1 saturated heterocycles. The Morgan fingerprint density at radius 2 is 1.66 bits per heavy atom. The number of benzene rings is 2. The van der Waals surface area contributed by atoms with Crippen molar-refractivity contribution >= 4 is 5.97 Å². The molecule has 7 nitrogen and oxygen atoms in total. The first-order valence-electron chi connectivity index (χ1n) is 9.43. The summed E-state index contributed by atoms with van der Waals surface area (Å²) < 4.78 is 33.6. The molecule has 7 heteroatoms. The number of ether oxygens (including phenoxy) is 6. The highest BCUT2D eigenvalue weighted by atomic mass is 16.7. The molecule has 1 fully saturated rings. The van der Waals surface area contributed by atoms with Crippen LogP contribution < -0.4 is 23.7 Å². The fourth-order valence-electron chi connectivity index (χ4n) is 3.91. The van der Waals surface area contributed by atoms with Crippen LogP contribution in [-0.4, -0.2) is 34.1 Å². The normalized spacial score (nSPS) is 22.4. The van der Waals surface area contributed by atoms with E-state index in [2.05, 4.69) is 0 Å². The molecule has 0 radical (unpaired) electrons. The molecule has 0 aliphatic carbocycles. The molecule has 3 atom stereocenters. The Kier molecular flexibility index (Phi) is 4.90. The number of hydrogen-bond donors (Lipinski definition) is 0. The maximum absolute atomic E-state index is 12.3. The van der Waals surface area contributed by atoms with Gasteiger partial charge in [-0.1, -0.05) is 19.9 Å². The Morgan fingerprint density at radius 1 is 0.931 bits per heavy atom. The van der Waals surface area contributed by atoms with Crippen LogP contribution in [-0.2, 0) is 9.53 Å². The zero-order valence-electron chi connectivity index (χ0n) is 17.1. The Bertz CT molecular complexity index is 953. The van der Waals surface area contributed by atoms with E-state index >= 15 is 0 Å². The predicted molar refractivity (Wildman–Crippen MR) is 105 cm³/mol. The van der Waals surface area contributed by atoms with E-state index in [1.165, 1.54) is 0 Å². The molecule has 2 aliphatic rings. The van der Waals surface area contributed by atoms with E-state index in [9.17, 15) is 4.79 Å². The Morgan fingerprint density at radius 3 is 2.28 bits per heavy atom. The van der Waals surface area contributed by atoms with Gasteiger partial charge in [-0.15, -0.1) is 0 Å². The van der Waals surface area contributed by atoms with Crippen molar-refractivity contribution in [1.82, 2.24) is 0 Å². The number of cyclic esters (lactones) is 1. The Balaban J connectivity index is 1.97. The lowest BCUT2D eigenvalue weighted by molar-refractivity contribution is -0.144. The molecule has 29 heavy (non-hydrogen) atoms. The van der Waals surface area contributed by atoms with Crippen LogP contribution in [0.2, 0.25) is 0 Å². The first kappa shape index (κ1) is 19.2. The van der Waals surface area contributed by atoms with Gasteiger partial charge in [0.1, 0.15) is 6.10 Å². The number of carbonyl (C=O) groups excluding carboxylic acids is 1. The van der Waals surface area contributed by atoms with Gasteiger partial charge in [0.05, 0.1) is 27.2 Å². The van der Waals surface area contributed by atoms with Crippen molar-refractivity contribution in [2.45, 2.75) is 20.0 Å². The first-order valence-corrected chi connectivity index (χ1v) is 9.43. The number of rotatable bonds is 5. The third kappa shape index (κ3) is 3.01. The van der Waals surface area contributed by atoms with Gasteiger partial charge in [-0.3, -0.25) is 4.79 Å². The van der Waals surface area contributed by atoms with Gasteiger partial charge in [0.2, 0.25) is 12.5 Å². The molecule has 154 valence electrons. The molecular formula is C22H24O7. The minimum atomic E-state index is -0.438. The van der Waals surface area contributed by atoms with Crippen LogP contribution in [0.15, 0.2) is 24.3 Å². The number of fused-ring (bicyclic) bond motifs is 1. The van der Waals surface area contributed by atoms with E-state index in [-0.39, 0.29) is 24.6 Å². The number of methoxy groups -OCH3 is 3. The number of carbonyl (C=O) groups is 1. The molecule has 0 aromatic heterocycles. The molecule has 2 aromatic carbocycles. The van der Waals surface area contributed by atoms with Crippen LogP contribution in [0.5, 0.6) is 28.7 Å². The smallest absolute Gasteiger partial charge is 0.309 e. The molecule has 0 amide bonds. The molecule has 0 N–H and O–H groups in total. The second kappa shape index (κ2) is 7.39. The lowest BCUT2D eigenvalue weighted by atomic mass is 9.85. The second-order valence-electron chi connectivity index (χ2n) is 7.18. The Labute approximate surface area is 169 Å². The molecule has 0 bridgehead atoms. The average molecular weight is 400 g/mol. The van der Waals surface area contributed by atoms with Gasteiger partial charge in [0, 0.05) is 17.0 Å². The van der Waals surface area contributed by atoms with Gasteiger partial charge in [0.15, 0.2) is 23.0 Å². The van der Waals surface area contributed by atoms with Gasteiger partial charge >= 0.3 is 5.97 Å². The fourth-order valence-corrected chi connectivity index (χ4v) is 3.91. The minimum Gasteiger partial charge on any atom is -0.493 e. The van der Waals surface area contributed by atoms with Gasteiger partial charge in [-0.2, -0.15) is 0 Å². The van der Waals surface area contributed by atoms with Crippen LogP contribution in [0.1, 0.15) is 25.5 Å². The summed E-state index contributed by atoms with van der Waals surface area (Å²) in [5, 5.41) is 0. The van der Waals surface area contributed by atoms with Crippen LogP contribution in [0, 0.1) is 11.8 Å². The van der Waals surface area contributed by atoms with E-state index in [1.54, 1.807) is 21.3 Å². The third-order valence-corrected chi connectivity index (χ3v) is 5.71. The largest absolute Gasteiger partial charge is 0.493 e. The lowest BCUT2D eigenvalue weighted by Crippen LogP contribution is -2.11. The summed E-state index contributed by atoms with van der Waals surface area (Å²) in [6.07, 6.45) is -0.438. The minimum absolute atomic E-state index is 0.0157. The van der Waals surface area contributed by atoms with Crippen molar-refractivity contribution in [3.05, 3.63) is 29.8 Å². The van der Waals surface area contributed by atoms with Crippen molar-refractivity contribution in [3.63, 3.8) is 0 Å². The molecule has 0 unspecified atom stereocenters. The SMILES string of the molecule is COc1cc([C@H]2OC(=O)[C@@H](C)[C@@H]2C)c(-c2ccc3c(c2)OCO3)c(OC)c1OC. The monoisotopic (exact) mass is 400 g/mol. The molecular weight excluding hydrogens is 376 g/mol. The summed E-state index contributed by atoms with van der Waals surface area (Å²) in [6, 6.07) is 7.52. The summed E-state index contributed by atoms with van der Waals surface area (Å²) in [5.41, 5.74) is 2.40. The highest BCUT2D eigenvalue weighted by Crippen LogP contribution is 2.53. The number of hydrogen-bond acceptors (Lipinski definition) is 7. The van der Waals surface area contributed by atoms with Crippen LogP contribution in [0.4, 0.5) is 0 Å². The third-order valence-electron chi connectivity index (χ3n) is 5.71. The van der Waals surface area contributed by atoms with E-state index in [0.717, 1.165) is 16.7 Å².